The van der Waals surface area contributed by atoms with E-state index in [0.29, 0.717) is 6.54 Å². The molecule has 4 heteroatoms. The van der Waals surface area contributed by atoms with Gasteiger partial charge in [-0.1, -0.05) is 72.3 Å². The average Bonchev–Trinajstić information content (AvgIpc) is 3.08. The molecule has 5 rings (SSSR count). The molecule has 0 atom stereocenters. The van der Waals surface area contributed by atoms with E-state index in [9.17, 15) is 4.79 Å². The number of thiophene rings is 1. The third-order valence-corrected chi connectivity index (χ3v) is 6.43. The molecule has 0 saturated heterocycles. The highest BCUT2D eigenvalue weighted by Gasteiger charge is 2.17. The Bertz CT molecular complexity index is 1410. The molecular formula is C25H20N2OS. The maximum absolute atomic E-state index is 13.5. The molecule has 0 radical (unpaired) electrons. The number of aromatic nitrogens is 2. The average molecular weight is 397 g/mol. The fraction of sp³-hybridized carbons (Fsp3) is 0.120. The number of benzene rings is 3. The van der Waals surface area contributed by atoms with Crippen molar-refractivity contribution in [3.05, 3.63) is 99.4 Å². The van der Waals surface area contributed by atoms with Crippen molar-refractivity contribution < 1.29 is 0 Å². The maximum Gasteiger partial charge on any atom is 0.263 e. The van der Waals surface area contributed by atoms with Crippen LogP contribution in [0.2, 0.25) is 0 Å². The topological polar surface area (TPSA) is 34.9 Å². The second-order valence-electron chi connectivity index (χ2n) is 7.40. The van der Waals surface area contributed by atoms with E-state index < -0.39 is 0 Å². The van der Waals surface area contributed by atoms with E-state index in [0.717, 1.165) is 31.8 Å². The summed E-state index contributed by atoms with van der Waals surface area (Å²) < 4.78 is 1.73. The van der Waals surface area contributed by atoms with Crippen LogP contribution in [0.15, 0.2) is 77.9 Å². The second kappa shape index (κ2) is 6.98. The smallest absolute Gasteiger partial charge is 0.263 e. The van der Waals surface area contributed by atoms with Crippen molar-refractivity contribution in [2.45, 2.75) is 20.4 Å². The van der Waals surface area contributed by atoms with Gasteiger partial charge in [0.15, 0.2) is 0 Å². The van der Waals surface area contributed by atoms with Crippen LogP contribution in [0.25, 0.3) is 32.1 Å². The molecule has 0 bridgehead atoms. The Hall–Kier alpha value is -3.24. The van der Waals surface area contributed by atoms with Gasteiger partial charge in [0.1, 0.15) is 4.83 Å². The van der Waals surface area contributed by atoms with Crippen LogP contribution < -0.4 is 5.56 Å². The van der Waals surface area contributed by atoms with E-state index in [-0.39, 0.29) is 5.56 Å². The zero-order valence-corrected chi connectivity index (χ0v) is 17.2. The molecule has 0 spiro atoms. The lowest BCUT2D eigenvalue weighted by atomic mass is 10.0. The first-order chi connectivity index (χ1) is 14.1. The highest BCUT2D eigenvalue weighted by atomic mass is 32.1. The minimum Gasteiger partial charge on any atom is -0.294 e. The highest BCUT2D eigenvalue weighted by Crippen LogP contribution is 2.35. The zero-order valence-electron chi connectivity index (χ0n) is 16.3. The van der Waals surface area contributed by atoms with E-state index >= 15 is 0 Å². The SMILES string of the molecule is Cc1ccc(-c2c(C)sc3ncn(Cc4cccc5ccccc45)c(=O)c23)cc1. The molecule has 2 heterocycles. The van der Waals surface area contributed by atoms with Crippen molar-refractivity contribution in [3.8, 4) is 11.1 Å². The standard InChI is InChI=1S/C25H20N2OS/c1-16-10-12-19(13-11-16)22-17(2)29-24-23(22)25(28)27(15-26-24)14-20-8-5-7-18-6-3-4-9-21(18)20/h3-13,15H,14H2,1-2H3. The summed E-state index contributed by atoms with van der Waals surface area (Å²) in [6, 6.07) is 22.8. The molecule has 3 nitrogen and oxygen atoms in total. The number of nitrogens with zero attached hydrogens (tertiary/aromatic N) is 2. The van der Waals surface area contributed by atoms with Crippen molar-refractivity contribution in [1.29, 1.82) is 0 Å². The summed E-state index contributed by atoms with van der Waals surface area (Å²) >= 11 is 1.59. The van der Waals surface area contributed by atoms with Gasteiger partial charge in [0.05, 0.1) is 18.3 Å². The van der Waals surface area contributed by atoms with E-state index in [2.05, 4.69) is 67.4 Å². The van der Waals surface area contributed by atoms with Gasteiger partial charge in [-0.15, -0.1) is 11.3 Å². The Morgan fingerprint density at radius 3 is 2.52 bits per heavy atom. The van der Waals surface area contributed by atoms with Crippen LogP contribution in [0.1, 0.15) is 16.0 Å². The van der Waals surface area contributed by atoms with Gasteiger partial charge < -0.3 is 0 Å². The van der Waals surface area contributed by atoms with Crippen molar-refractivity contribution in [2.24, 2.45) is 0 Å². The predicted molar refractivity (Wildman–Crippen MR) is 122 cm³/mol. The fourth-order valence-electron chi connectivity index (χ4n) is 3.93. The third-order valence-electron chi connectivity index (χ3n) is 5.42. The molecule has 3 aromatic carbocycles. The van der Waals surface area contributed by atoms with Gasteiger partial charge >= 0.3 is 0 Å². The Morgan fingerprint density at radius 1 is 0.931 bits per heavy atom. The molecule has 0 aliphatic carbocycles. The minimum absolute atomic E-state index is 0.0165. The Morgan fingerprint density at radius 2 is 1.69 bits per heavy atom. The van der Waals surface area contributed by atoms with Gasteiger partial charge in [-0.3, -0.25) is 9.36 Å². The van der Waals surface area contributed by atoms with Gasteiger partial charge in [0.2, 0.25) is 0 Å². The lowest BCUT2D eigenvalue weighted by Crippen LogP contribution is -2.21. The normalized spacial score (nSPS) is 11.4. The van der Waals surface area contributed by atoms with Crippen molar-refractivity contribution >= 4 is 32.3 Å². The summed E-state index contributed by atoms with van der Waals surface area (Å²) in [4.78, 5) is 20.0. The van der Waals surface area contributed by atoms with Crippen LogP contribution in [0.3, 0.4) is 0 Å². The van der Waals surface area contributed by atoms with Gasteiger partial charge in [-0.2, -0.15) is 0 Å². The summed E-state index contributed by atoms with van der Waals surface area (Å²) in [5.41, 5.74) is 4.42. The van der Waals surface area contributed by atoms with Crippen LogP contribution in [0.4, 0.5) is 0 Å². The number of aryl methyl sites for hydroxylation is 2. The number of hydrogen-bond acceptors (Lipinski definition) is 3. The van der Waals surface area contributed by atoms with Crippen LogP contribution in [0, 0.1) is 13.8 Å². The van der Waals surface area contributed by atoms with Crippen molar-refractivity contribution in [1.82, 2.24) is 9.55 Å². The molecule has 0 amide bonds. The van der Waals surface area contributed by atoms with E-state index in [1.54, 1.807) is 22.2 Å². The van der Waals surface area contributed by atoms with Crippen molar-refractivity contribution in [3.63, 3.8) is 0 Å². The highest BCUT2D eigenvalue weighted by molar-refractivity contribution is 7.19. The summed E-state index contributed by atoms with van der Waals surface area (Å²) in [6.45, 7) is 4.64. The molecule has 0 N–H and O–H groups in total. The molecule has 5 aromatic rings. The minimum atomic E-state index is 0.0165. The van der Waals surface area contributed by atoms with Gasteiger partial charge in [0.25, 0.3) is 5.56 Å². The number of hydrogen-bond donors (Lipinski definition) is 0. The maximum atomic E-state index is 13.5. The van der Waals surface area contributed by atoms with Gasteiger partial charge in [0, 0.05) is 10.4 Å². The van der Waals surface area contributed by atoms with E-state index in [1.165, 1.54) is 16.3 Å². The van der Waals surface area contributed by atoms with Gasteiger partial charge in [-0.25, -0.2) is 4.98 Å². The van der Waals surface area contributed by atoms with Crippen LogP contribution in [-0.4, -0.2) is 9.55 Å². The molecule has 0 saturated carbocycles. The monoisotopic (exact) mass is 396 g/mol. The largest absolute Gasteiger partial charge is 0.294 e. The quantitative estimate of drug-likeness (QED) is 0.378. The molecule has 0 fully saturated rings. The molecule has 142 valence electrons. The van der Waals surface area contributed by atoms with E-state index in [1.807, 2.05) is 18.2 Å². The summed E-state index contributed by atoms with van der Waals surface area (Å²) in [6.07, 6.45) is 1.68. The Kier molecular flexibility index (Phi) is 4.29. The lowest BCUT2D eigenvalue weighted by Gasteiger charge is -2.09. The molecule has 0 aliphatic heterocycles. The van der Waals surface area contributed by atoms with Crippen LogP contribution in [0.5, 0.6) is 0 Å². The van der Waals surface area contributed by atoms with Crippen LogP contribution >= 0.6 is 11.3 Å². The summed E-state index contributed by atoms with van der Waals surface area (Å²) in [5, 5.41) is 3.07. The second-order valence-corrected chi connectivity index (χ2v) is 8.60. The van der Waals surface area contributed by atoms with E-state index in [4.69, 9.17) is 0 Å². The first kappa shape index (κ1) is 17.8. The Labute approximate surface area is 172 Å². The number of fused-ring (bicyclic) bond motifs is 2. The zero-order chi connectivity index (χ0) is 20.0. The Balaban J connectivity index is 1.68. The molecule has 0 aliphatic rings. The molecule has 29 heavy (non-hydrogen) atoms. The first-order valence-corrected chi connectivity index (χ1v) is 10.5. The number of rotatable bonds is 3. The molecule has 0 unspecified atom stereocenters. The third kappa shape index (κ3) is 3.06. The predicted octanol–water partition coefficient (Wildman–Crippen LogP) is 5.94. The first-order valence-electron chi connectivity index (χ1n) is 9.64. The lowest BCUT2D eigenvalue weighted by molar-refractivity contribution is 0.754. The molecule has 2 aromatic heterocycles. The van der Waals surface area contributed by atoms with Crippen molar-refractivity contribution in [2.75, 3.05) is 0 Å². The fourth-order valence-corrected chi connectivity index (χ4v) is 4.94. The molecular weight excluding hydrogens is 376 g/mol. The van der Waals surface area contributed by atoms with Gasteiger partial charge in [-0.05, 0) is 35.7 Å². The van der Waals surface area contributed by atoms with Crippen LogP contribution in [-0.2, 0) is 6.54 Å². The summed E-state index contributed by atoms with van der Waals surface area (Å²) in [5.74, 6) is 0. The summed E-state index contributed by atoms with van der Waals surface area (Å²) in [7, 11) is 0.